The molecule has 0 aliphatic heterocycles. The number of thiazole rings is 1. The lowest BCUT2D eigenvalue weighted by atomic mass is 10.2. The Morgan fingerprint density at radius 3 is 2.85 bits per heavy atom. The summed E-state index contributed by atoms with van der Waals surface area (Å²) in [6.45, 7) is 5.59. The van der Waals surface area contributed by atoms with Crippen LogP contribution in [0.1, 0.15) is 36.2 Å². The molecule has 13 heavy (non-hydrogen) atoms. The first-order chi connectivity index (χ1) is 6.13. The minimum Gasteiger partial charge on any atom is -0.347 e. The molecule has 4 heteroatoms. The van der Waals surface area contributed by atoms with Gasteiger partial charge in [-0.05, 0) is 13.3 Å². The van der Waals surface area contributed by atoms with Gasteiger partial charge >= 0.3 is 0 Å². The molecule has 0 saturated heterocycles. The maximum absolute atomic E-state index is 10.9. The highest BCUT2D eigenvalue weighted by Gasteiger charge is 2.13. The summed E-state index contributed by atoms with van der Waals surface area (Å²) in [7, 11) is 0. The van der Waals surface area contributed by atoms with Crippen molar-refractivity contribution in [3.05, 3.63) is 16.1 Å². The molecule has 1 atom stereocenters. The van der Waals surface area contributed by atoms with E-state index in [0.717, 1.165) is 11.4 Å². The molecule has 3 nitrogen and oxygen atoms in total. The van der Waals surface area contributed by atoms with Crippen LogP contribution in [0.4, 0.5) is 0 Å². The van der Waals surface area contributed by atoms with Crippen LogP contribution in [0, 0.1) is 6.92 Å². The Labute approximate surface area is 82.2 Å². The topological polar surface area (TPSA) is 42.0 Å². The molecule has 0 fully saturated rings. The van der Waals surface area contributed by atoms with Gasteiger partial charge in [0.05, 0.1) is 6.04 Å². The molecule has 0 radical (unpaired) electrons. The minimum absolute atomic E-state index is 0.000275. The zero-order valence-electron chi connectivity index (χ0n) is 8.13. The van der Waals surface area contributed by atoms with E-state index in [2.05, 4.69) is 10.3 Å². The Morgan fingerprint density at radius 1 is 1.77 bits per heavy atom. The number of hydrogen-bond donors (Lipinski definition) is 1. The first-order valence-corrected chi connectivity index (χ1v) is 5.14. The van der Waals surface area contributed by atoms with Crippen LogP contribution in [0.2, 0.25) is 0 Å². The fraction of sp³-hybridized carbons (Fsp3) is 0.556. The fourth-order valence-corrected chi connectivity index (χ4v) is 2.03. The lowest BCUT2D eigenvalue weighted by Crippen LogP contribution is -2.25. The number of nitrogens with one attached hydrogen (secondary N) is 1. The Hall–Kier alpha value is -0.900. The van der Waals surface area contributed by atoms with E-state index in [4.69, 9.17) is 0 Å². The number of amides is 1. The highest BCUT2D eigenvalue weighted by Crippen LogP contribution is 2.21. The van der Waals surface area contributed by atoms with Crippen LogP contribution in [0.25, 0.3) is 0 Å². The average Bonchev–Trinajstić information content (AvgIpc) is 2.47. The van der Waals surface area contributed by atoms with Crippen LogP contribution >= 0.6 is 11.3 Å². The minimum atomic E-state index is -0.000275. The molecule has 72 valence electrons. The molecule has 0 aromatic carbocycles. The van der Waals surface area contributed by atoms with Crippen LogP contribution in [-0.4, -0.2) is 10.9 Å². The Morgan fingerprint density at radius 2 is 2.46 bits per heavy atom. The van der Waals surface area contributed by atoms with Crippen LogP contribution in [0.5, 0.6) is 0 Å². The zero-order valence-corrected chi connectivity index (χ0v) is 8.94. The van der Waals surface area contributed by atoms with Crippen molar-refractivity contribution in [2.24, 2.45) is 0 Å². The van der Waals surface area contributed by atoms with Crippen molar-refractivity contribution in [3.63, 3.8) is 0 Å². The van der Waals surface area contributed by atoms with Gasteiger partial charge in [-0.15, -0.1) is 11.3 Å². The zero-order chi connectivity index (χ0) is 9.84. The van der Waals surface area contributed by atoms with Crippen LogP contribution in [0.15, 0.2) is 6.20 Å². The second-order valence-corrected chi connectivity index (χ2v) is 4.24. The monoisotopic (exact) mass is 198 g/mol. The number of carbonyl (C=O) groups excluding carboxylic acids is 1. The summed E-state index contributed by atoms with van der Waals surface area (Å²) in [6, 6.07) is 0.0798. The molecule has 0 aliphatic carbocycles. The third-order valence-corrected chi connectivity index (χ3v) is 2.75. The van der Waals surface area contributed by atoms with Crippen molar-refractivity contribution in [3.8, 4) is 0 Å². The van der Waals surface area contributed by atoms with Crippen molar-refractivity contribution < 1.29 is 4.79 Å². The second-order valence-electron chi connectivity index (χ2n) is 2.97. The van der Waals surface area contributed by atoms with E-state index in [1.54, 1.807) is 11.3 Å². The SMILES string of the molecule is CCC(NC(C)=O)c1ncc(C)s1. The highest BCUT2D eigenvalue weighted by molar-refractivity contribution is 7.11. The van der Waals surface area contributed by atoms with Crippen molar-refractivity contribution in [1.29, 1.82) is 0 Å². The van der Waals surface area contributed by atoms with E-state index in [1.165, 1.54) is 11.8 Å². The van der Waals surface area contributed by atoms with E-state index < -0.39 is 0 Å². The molecule has 1 amide bonds. The predicted molar refractivity (Wildman–Crippen MR) is 53.7 cm³/mol. The summed E-state index contributed by atoms with van der Waals surface area (Å²) >= 11 is 1.64. The molecular weight excluding hydrogens is 184 g/mol. The van der Waals surface area contributed by atoms with E-state index >= 15 is 0 Å². The van der Waals surface area contributed by atoms with Crippen molar-refractivity contribution in [2.75, 3.05) is 0 Å². The van der Waals surface area contributed by atoms with Crippen molar-refractivity contribution in [1.82, 2.24) is 10.3 Å². The first kappa shape index (κ1) is 10.2. The number of nitrogens with zero attached hydrogens (tertiary/aromatic N) is 1. The van der Waals surface area contributed by atoms with Gasteiger partial charge in [-0.25, -0.2) is 4.98 Å². The normalized spacial score (nSPS) is 12.5. The molecule has 1 heterocycles. The van der Waals surface area contributed by atoms with Gasteiger partial charge in [0.2, 0.25) is 5.91 Å². The Balaban J connectivity index is 2.72. The standard InChI is InChI=1S/C9H14N2OS/c1-4-8(11-7(3)12)9-10-5-6(2)13-9/h5,8H,4H2,1-3H3,(H,11,12). The molecule has 1 aromatic rings. The molecule has 1 unspecified atom stereocenters. The maximum atomic E-state index is 10.9. The Kier molecular flexibility index (Phi) is 3.42. The van der Waals surface area contributed by atoms with Crippen LogP contribution in [0.3, 0.4) is 0 Å². The summed E-state index contributed by atoms with van der Waals surface area (Å²) in [5.41, 5.74) is 0. The van der Waals surface area contributed by atoms with Crippen LogP contribution in [-0.2, 0) is 4.79 Å². The Bertz CT molecular complexity index is 296. The number of hydrogen-bond acceptors (Lipinski definition) is 3. The second kappa shape index (κ2) is 4.37. The molecule has 1 rings (SSSR count). The summed E-state index contributed by atoms with van der Waals surface area (Å²) in [5, 5.41) is 3.86. The first-order valence-electron chi connectivity index (χ1n) is 4.33. The van der Waals surface area contributed by atoms with Gasteiger partial charge in [-0.2, -0.15) is 0 Å². The lowest BCUT2D eigenvalue weighted by Gasteiger charge is -2.11. The van der Waals surface area contributed by atoms with E-state index in [-0.39, 0.29) is 11.9 Å². The summed E-state index contributed by atoms with van der Waals surface area (Å²) in [5.74, 6) is -0.000275. The van der Waals surface area contributed by atoms with Gasteiger partial charge in [-0.3, -0.25) is 4.79 Å². The molecular formula is C9H14N2OS. The largest absolute Gasteiger partial charge is 0.347 e. The van der Waals surface area contributed by atoms with E-state index in [1.807, 2.05) is 20.0 Å². The van der Waals surface area contributed by atoms with Gasteiger partial charge < -0.3 is 5.32 Å². The molecule has 0 saturated carbocycles. The van der Waals surface area contributed by atoms with Crippen LogP contribution < -0.4 is 5.32 Å². The quantitative estimate of drug-likeness (QED) is 0.807. The third kappa shape index (κ3) is 2.81. The summed E-state index contributed by atoms with van der Waals surface area (Å²) in [6.07, 6.45) is 2.72. The van der Waals surface area contributed by atoms with Gasteiger partial charge in [-0.1, -0.05) is 6.92 Å². The molecule has 1 aromatic heterocycles. The predicted octanol–water partition coefficient (Wildman–Crippen LogP) is 2.04. The third-order valence-electron chi connectivity index (χ3n) is 1.72. The van der Waals surface area contributed by atoms with E-state index in [0.29, 0.717) is 0 Å². The summed E-state index contributed by atoms with van der Waals surface area (Å²) in [4.78, 5) is 16.3. The number of carbonyl (C=O) groups is 1. The average molecular weight is 198 g/mol. The lowest BCUT2D eigenvalue weighted by molar-refractivity contribution is -0.119. The number of rotatable bonds is 3. The van der Waals surface area contributed by atoms with Gasteiger partial charge in [0.1, 0.15) is 5.01 Å². The number of aryl methyl sites for hydroxylation is 1. The molecule has 0 bridgehead atoms. The number of aromatic nitrogens is 1. The fourth-order valence-electron chi connectivity index (χ4n) is 1.12. The smallest absolute Gasteiger partial charge is 0.217 e. The molecule has 0 aliphatic rings. The van der Waals surface area contributed by atoms with Gasteiger partial charge in [0, 0.05) is 18.0 Å². The molecule has 0 spiro atoms. The van der Waals surface area contributed by atoms with Crippen molar-refractivity contribution >= 4 is 17.2 Å². The molecule has 1 N–H and O–H groups in total. The maximum Gasteiger partial charge on any atom is 0.217 e. The summed E-state index contributed by atoms with van der Waals surface area (Å²) < 4.78 is 0. The van der Waals surface area contributed by atoms with Gasteiger partial charge in [0.25, 0.3) is 0 Å². The van der Waals surface area contributed by atoms with E-state index in [9.17, 15) is 4.79 Å². The highest BCUT2D eigenvalue weighted by atomic mass is 32.1. The van der Waals surface area contributed by atoms with Gasteiger partial charge in [0.15, 0.2) is 0 Å². The van der Waals surface area contributed by atoms with Crippen molar-refractivity contribution in [2.45, 2.75) is 33.2 Å².